The fourth-order valence-corrected chi connectivity index (χ4v) is 5.92. The van der Waals surface area contributed by atoms with Gasteiger partial charge in [0.1, 0.15) is 0 Å². The summed E-state index contributed by atoms with van der Waals surface area (Å²) in [5.74, 6) is 2.32. The van der Waals surface area contributed by atoms with Crippen molar-refractivity contribution >= 4 is 0 Å². The van der Waals surface area contributed by atoms with Gasteiger partial charge in [-0.1, -0.05) is 20.8 Å². The molecule has 6 atom stereocenters. The van der Waals surface area contributed by atoms with Gasteiger partial charge in [0.2, 0.25) is 0 Å². The molecule has 0 bridgehead atoms. The third kappa shape index (κ3) is 2.86. The molecule has 3 rings (SSSR count). The van der Waals surface area contributed by atoms with E-state index in [-0.39, 0.29) is 0 Å². The fraction of sp³-hybridized carbons (Fsp3) is 1.00. The first-order chi connectivity index (χ1) is 10.3. The Bertz CT molecular complexity index is 383. The molecular weight excluding hydrogens is 272 g/mol. The maximum Gasteiger partial charge on any atom is 0.0705 e. The molecule has 2 saturated carbocycles. The molecule has 2 aliphatic carbocycles. The minimum atomic E-state index is -0.553. The average Bonchev–Trinajstić information content (AvgIpc) is 2.47. The smallest absolute Gasteiger partial charge is 0.0705 e. The molecule has 1 aliphatic heterocycles. The molecule has 2 heteroatoms. The SMILES string of the molecule is CC(C)[C@@H]1CC[C@]2(C)CCC(C3CCCCO3)[C@](C)(O)[C@H]2C1. The summed E-state index contributed by atoms with van der Waals surface area (Å²) in [6.07, 6.45) is 10.2. The molecule has 1 N–H and O–H groups in total. The van der Waals surface area contributed by atoms with Crippen LogP contribution in [0.4, 0.5) is 0 Å². The van der Waals surface area contributed by atoms with Gasteiger partial charge in [0.15, 0.2) is 0 Å². The van der Waals surface area contributed by atoms with Crippen LogP contribution in [0.1, 0.15) is 79.1 Å². The summed E-state index contributed by atoms with van der Waals surface area (Å²) in [4.78, 5) is 0. The van der Waals surface area contributed by atoms with Crippen molar-refractivity contribution in [1.82, 2.24) is 0 Å². The minimum Gasteiger partial charge on any atom is -0.389 e. The fourth-order valence-electron chi connectivity index (χ4n) is 5.92. The van der Waals surface area contributed by atoms with Gasteiger partial charge in [-0.15, -0.1) is 0 Å². The van der Waals surface area contributed by atoms with Crippen LogP contribution in [0.25, 0.3) is 0 Å². The molecule has 0 amide bonds. The van der Waals surface area contributed by atoms with Crippen LogP contribution in [0.3, 0.4) is 0 Å². The molecule has 2 nitrogen and oxygen atoms in total. The van der Waals surface area contributed by atoms with Gasteiger partial charge in [0.05, 0.1) is 11.7 Å². The van der Waals surface area contributed by atoms with E-state index in [0.29, 0.717) is 23.4 Å². The van der Waals surface area contributed by atoms with E-state index >= 15 is 0 Å². The summed E-state index contributed by atoms with van der Waals surface area (Å²) in [5.41, 5.74) is -0.206. The molecule has 0 aromatic rings. The molecule has 0 aromatic carbocycles. The Hall–Kier alpha value is -0.0800. The highest BCUT2D eigenvalue weighted by Crippen LogP contribution is 2.59. The van der Waals surface area contributed by atoms with Gasteiger partial charge in [-0.05, 0) is 81.5 Å². The molecule has 1 saturated heterocycles. The predicted octanol–water partition coefficient (Wildman–Crippen LogP) is 4.80. The normalized spacial score (nSPS) is 49.9. The lowest BCUT2D eigenvalue weighted by Crippen LogP contribution is -2.59. The first-order valence-electron chi connectivity index (χ1n) is 9.68. The highest BCUT2D eigenvalue weighted by molar-refractivity contribution is 5.06. The van der Waals surface area contributed by atoms with Crippen molar-refractivity contribution in [3.8, 4) is 0 Å². The molecule has 22 heavy (non-hydrogen) atoms. The lowest BCUT2D eigenvalue weighted by atomic mass is 9.49. The second-order valence-electron chi connectivity index (χ2n) is 9.26. The third-order valence-corrected chi connectivity index (χ3v) is 7.56. The summed E-state index contributed by atoms with van der Waals surface area (Å²) in [6, 6.07) is 0. The van der Waals surface area contributed by atoms with Gasteiger partial charge in [-0.3, -0.25) is 0 Å². The van der Waals surface area contributed by atoms with E-state index in [2.05, 4.69) is 27.7 Å². The Balaban J connectivity index is 1.81. The summed E-state index contributed by atoms with van der Waals surface area (Å²) in [7, 11) is 0. The van der Waals surface area contributed by atoms with Gasteiger partial charge < -0.3 is 9.84 Å². The maximum absolute atomic E-state index is 11.6. The van der Waals surface area contributed by atoms with E-state index in [1.54, 1.807) is 0 Å². The summed E-state index contributed by atoms with van der Waals surface area (Å²) in [6.45, 7) is 10.2. The molecular formula is C20H36O2. The van der Waals surface area contributed by atoms with Crippen molar-refractivity contribution < 1.29 is 9.84 Å². The summed E-state index contributed by atoms with van der Waals surface area (Å²) in [5, 5.41) is 11.6. The number of rotatable bonds is 2. The van der Waals surface area contributed by atoms with Gasteiger partial charge in [-0.2, -0.15) is 0 Å². The van der Waals surface area contributed by atoms with Crippen molar-refractivity contribution in [3.05, 3.63) is 0 Å². The number of hydrogen-bond donors (Lipinski definition) is 1. The van der Waals surface area contributed by atoms with E-state index in [1.807, 2.05) is 0 Å². The molecule has 1 heterocycles. The Morgan fingerprint density at radius 3 is 2.41 bits per heavy atom. The topological polar surface area (TPSA) is 29.5 Å². The van der Waals surface area contributed by atoms with Gasteiger partial charge >= 0.3 is 0 Å². The molecule has 0 aromatic heterocycles. The molecule has 3 aliphatic rings. The maximum atomic E-state index is 11.6. The quantitative estimate of drug-likeness (QED) is 0.794. The lowest BCUT2D eigenvalue weighted by molar-refractivity contribution is -0.196. The number of hydrogen-bond acceptors (Lipinski definition) is 2. The Labute approximate surface area is 137 Å². The standard InChI is InChI=1S/C20H36O2/c1-14(2)15-8-10-19(3)11-9-16(17-7-5-6-12-22-17)20(4,21)18(19)13-15/h14-18,21H,5-13H2,1-4H3/t15-,16?,17?,18+,19-,20+/m1/s1. The van der Waals surface area contributed by atoms with Crippen LogP contribution in [-0.2, 0) is 4.74 Å². The van der Waals surface area contributed by atoms with Gasteiger partial charge in [0.25, 0.3) is 0 Å². The first kappa shape index (κ1) is 16.8. The van der Waals surface area contributed by atoms with Gasteiger partial charge in [0, 0.05) is 12.5 Å². The van der Waals surface area contributed by atoms with E-state index in [0.717, 1.165) is 31.3 Å². The van der Waals surface area contributed by atoms with Crippen LogP contribution >= 0.6 is 0 Å². The molecule has 2 unspecified atom stereocenters. The van der Waals surface area contributed by atoms with E-state index in [4.69, 9.17) is 4.74 Å². The number of aliphatic hydroxyl groups is 1. The highest BCUT2D eigenvalue weighted by Gasteiger charge is 2.56. The van der Waals surface area contributed by atoms with Crippen molar-refractivity contribution in [2.24, 2.45) is 29.1 Å². The predicted molar refractivity (Wildman–Crippen MR) is 90.7 cm³/mol. The van der Waals surface area contributed by atoms with E-state index < -0.39 is 5.60 Å². The van der Waals surface area contributed by atoms with Crippen LogP contribution in [-0.4, -0.2) is 23.4 Å². The minimum absolute atomic E-state index is 0.299. The van der Waals surface area contributed by atoms with Crippen molar-refractivity contribution in [3.63, 3.8) is 0 Å². The third-order valence-electron chi connectivity index (χ3n) is 7.56. The highest BCUT2D eigenvalue weighted by atomic mass is 16.5. The van der Waals surface area contributed by atoms with Crippen LogP contribution < -0.4 is 0 Å². The lowest BCUT2D eigenvalue weighted by Gasteiger charge is -2.59. The molecule has 0 radical (unpaired) electrons. The van der Waals surface area contributed by atoms with Gasteiger partial charge in [-0.25, -0.2) is 0 Å². The van der Waals surface area contributed by atoms with Crippen molar-refractivity contribution in [2.75, 3.05) is 6.61 Å². The number of fused-ring (bicyclic) bond motifs is 1. The Kier molecular flexibility index (Phi) is 4.64. The zero-order chi connectivity index (χ0) is 16.0. The van der Waals surface area contributed by atoms with Crippen LogP contribution in [0, 0.1) is 29.1 Å². The molecule has 128 valence electrons. The zero-order valence-electron chi connectivity index (χ0n) is 15.1. The second kappa shape index (κ2) is 6.09. The zero-order valence-corrected chi connectivity index (χ0v) is 15.1. The first-order valence-corrected chi connectivity index (χ1v) is 9.68. The number of ether oxygens (including phenoxy) is 1. The van der Waals surface area contributed by atoms with Crippen LogP contribution in [0.2, 0.25) is 0 Å². The van der Waals surface area contributed by atoms with Crippen LogP contribution in [0.15, 0.2) is 0 Å². The molecule has 3 fully saturated rings. The average molecular weight is 309 g/mol. The summed E-state index contributed by atoms with van der Waals surface area (Å²) >= 11 is 0. The second-order valence-corrected chi connectivity index (χ2v) is 9.26. The Morgan fingerprint density at radius 1 is 1.05 bits per heavy atom. The largest absolute Gasteiger partial charge is 0.389 e. The van der Waals surface area contributed by atoms with E-state index in [1.165, 1.54) is 38.5 Å². The monoisotopic (exact) mass is 308 g/mol. The van der Waals surface area contributed by atoms with E-state index in [9.17, 15) is 5.11 Å². The van der Waals surface area contributed by atoms with Crippen molar-refractivity contribution in [1.29, 1.82) is 0 Å². The summed E-state index contributed by atoms with van der Waals surface area (Å²) < 4.78 is 6.08. The Morgan fingerprint density at radius 2 is 1.77 bits per heavy atom. The van der Waals surface area contributed by atoms with Crippen molar-refractivity contribution in [2.45, 2.75) is 90.8 Å². The van der Waals surface area contributed by atoms with Crippen LogP contribution in [0.5, 0.6) is 0 Å². The molecule has 0 spiro atoms.